The van der Waals surface area contributed by atoms with Gasteiger partial charge in [0, 0.05) is 17.6 Å². The van der Waals surface area contributed by atoms with Crippen LogP contribution in [-0.2, 0) is 24.3 Å². The van der Waals surface area contributed by atoms with Crippen LogP contribution in [0.25, 0.3) is 0 Å². The molecule has 0 unspecified atom stereocenters. The third-order valence-corrected chi connectivity index (χ3v) is 6.04. The normalized spacial score (nSPS) is 12.3. The van der Waals surface area contributed by atoms with Crippen molar-refractivity contribution in [2.45, 2.75) is 31.3 Å². The lowest BCUT2D eigenvalue weighted by atomic mass is 10.2. The Bertz CT molecular complexity index is 818. The number of sulfonamides is 1. The average Bonchev–Trinajstić information content (AvgIpc) is 2.56. The van der Waals surface area contributed by atoms with E-state index in [1.165, 1.54) is 25.3 Å². The first-order chi connectivity index (χ1) is 12.8. The van der Waals surface area contributed by atoms with Crippen LogP contribution < -0.4 is 0 Å². The summed E-state index contributed by atoms with van der Waals surface area (Å²) >= 11 is 3.21. The molecule has 0 aromatic heterocycles. The Balaban J connectivity index is 3.26. The molecule has 0 aliphatic heterocycles. The number of halogens is 1. The Morgan fingerprint density at radius 2 is 1.75 bits per heavy atom. The standard InChI is InChI=1S/C18H27BrN2O6S/c1-18(2,3)27-16(22)12-21(10-9-20(4)5)28(24,25)13-7-8-15(19)14(11-13)17(23)26-6/h7-8,11H,9-10,12H2,1-6H3. The van der Waals surface area contributed by atoms with Crippen LogP contribution in [0.5, 0.6) is 0 Å². The van der Waals surface area contributed by atoms with E-state index in [9.17, 15) is 18.0 Å². The van der Waals surface area contributed by atoms with Crippen molar-refractivity contribution in [3.63, 3.8) is 0 Å². The number of ether oxygens (including phenoxy) is 2. The Hall–Kier alpha value is -1.49. The summed E-state index contributed by atoms with van der Waals surface area (Å²) in [6, 6.07) is 4.04. The molecule has 28 heavy (non-hydrogen) atoms. The molecule has 0 aliphatic rings. The van der Waals surface area contributed by atoms with Crippen molar-refractivity contribution < 1.29 is 27.5 Å². The fourth-order valence-electron chi connectivity index (χ4n) is 2.19. The molecule has 158 valence electrons. The lowest BCUT2D eigenvalue weighted by Gasteiger charge is -2.26. The first kappa shape index (κ1) is 24.5. The van der Waals surface area contributed by atoms with Gasteiger partial charge >= 0.3 is 11.9 Å². The van der Waals surface area contributed by atoms with Crippen LogP contribution in [0.2, 0.25) is 0 Å². The molecule has 1 rings (SSSR count). The minimum absolute atomic E-state index is 0.0772. The predicted molar refractivity (Wildman–Crippen MR) is 109 cm³/mol. The number of hydrogen-bond donors (Lipinski definition) is 0. The van der Waals surface area contributed by atoms with E-state index in [-0.39, 0.29) is 17.0 Å². The maximum Gasteiger partial charge on any atom is 0.339 e. The molecule has 0 fully saturated rings. The fourth-order valence-corrected chi connectivity index (χ4v) is 4.00. The van der Waals surface area contributed by atoms with Gasteiger partial charge in [-0.1, -0.05) is 0 Å². The summed E-state index contributed by atoms with van der Waals surface area (Å²) < 4.78 is 37.7. The van der Waals surface area contributed by atoms with Crippen molar-refractivity contribution in [1.82, 2.24) is 9.21 Å². The minimum Gasteiger partial charge on any atom is -0.465 e. The van der Waals surface area contributed by atoms with Crippen molar-refractivity contribution in [3.05, 3.63) is 28.2 Å². The Morgan fingerprint density at radius 3 is 2.25 bits per heavy atom. The van der Waals surface area contributed by atoms with Crippen molar-refractivity contribution in [1.29, 1.82) is 0 Å². The van der Waals surface area contributed by atoms with Gasteiger partial charge in [-0.3, -0.25) is 4.79 Å². The molecule has 0 amide bonds. The summed E-state index contributed by atoms with van der Waals surface area (Å²) in [7, 11) is 0.757. The molecule has 0 saturated heterocycles. The number of hydrogen-bond acceptors (Lipinski definition) is 7. The third kappa shape index (κ3) is 7.16. The summed E-state index contributed by atoms with van der Waals surface area (Å²) in [4.78, 5) is 25.8. The van der Waals surface area contributed by atoms with Gasteiger partial charge < -0.3 is 14.4 Å². The Morgan fingerprint density at radius 1 is 1.14 bits per heavy atom. The maximum atomic E-state index is 13.2. The maximum absolute atomic E-state index is 13.2. The van der Waals surface area contributed by atoms with Crippen LogP contribution in [-0.4, -0.2) is 76.0 Å². The second-order valence-electron chi connectivity index (χ2n) is 7.36. The first-order valence-corrected chi connectivity index (χ1v) is 10.8. The summed E-state index contributed by atoms with van der Waals surface area (Å²) in [5.74, 6) is -1.32. The molecule has 0 radical (unpaired) electrons. The Labute approximate surface area is 175 Å². The van der Waals surface area contributed by atoms with Crippen LogP contribution in [0, 0.1) is 0 Å². The molecule has 0 atom stereocenters. The lowest BCUT2D eigenvalue weighted by molar-refractivity contribution is -0.155. The van der Waals surface area contributed by atoms with E-state index in [1.807, 2.05) is 0 Å². The third-order valence-electron chi connectivity index (χ3n) is 3.50. The van der Waals surface area contributed by atoms with Gasteiger partial charge in [-0.15, -0.1) is 0 Å². The molecule has 0 bridgehead atoms. The van der Waals surface area contributed by atoms with Crippen LogP contribution >= 0.6 is 15.9 Å². The van der Waals surface area contributed by atoms with Gasteiger partial charge in [0.1, 0.15) is 12.1 Å². The fraction of sp³-hybridized carbons (Fsp3) is 0.556. The number of carbonyl (C=O) groups is 2. The minimum atomic E-state index is -4.05. The molecule has 0 spiro atoms. The highest BCUT2D eigenvalue weighted by Gasteiger charge is 2.30. The lowest BCUT2D eigenvalue weighted by Crippen LogP contribution is -2.42. The van der Waals surface area contributed by atoms with Gasteiger partial charge in [0.05, 0.1) is 17.6 Å². The van der Waals surface area contributed by atoms with Gasteiger partial charge in [-0.25, -0.2) is 13.2 Å². The first-order valence-electron chi connectivity index (χ1n) is 8.52. The highest BCUT2D eigenvalue weighted by atomic mass is 79.9. The second-order valence-corrected chi connectivity index (χ2v) is 10.2. The number of rotatable bonds is 8. The number of esters is 2. The van der Waals surface area contributed by atoms with E-state index in [2.05, 4.69) is 20.7 Å². The van der Waals surface area contributed by atoms with Crippen LogP contribution in [0.1, 0.15) is 31.1 Å². The molecule has 0 aliphatic carbocycles. The van der Waals surface area contributed by atoms with Crippen LogP contribution in [0.4, 0.5) is 0 Å². The van der Waals surface area contributed by atoms with Crippen LogP contribution in [0.3, 0.4) is 0 Å². The van der Waals surface area contributed by atoms with Gasteiger partial charge in [0.25, 0.3) is 0 Å². The van der Waals surface area contributed by atoms with Gasteiger partial charge in [-0.05, 0) is 69.0 Å². The van der Waals surface area contributed by atoms with E-state index in [4.69, 9.17) is 4.74 Å². The molecular formula is C18H27BrN2O6S. The predicted octanol–water partition coefficient (Wildman–Crippen LogP) is 2.13. The van der Waals surface area contributed by atoms with Gasteiger partial charge in [0.2, 0.25) is 10.0 Å². The molecular weight excluding hydrogens is 452 g/mol. The average molecular weight is 479 g/mol. The molecule has 0 saturated carbocycles. The molecule has 8 nitrogen and oxygen atoms in total. The molecule has 0 heterocycles. The van der Waals surface area contributed by atoms with E-state index >= 15 is 0 Å². The van der Waals surface area contributed by atoms with E-state index in [1.54, 1.807) is 39.8 Å². The van der Waals surface area contributed by atoms with Crippen molar-refractivity contribution >= 4 is 37.9 Å². The highest BCUT2D eigenvalue weighted by Crippen LogP contribution is 2.24. The van der Waals surface area contributed by atoms with Crippen molar-refractivity contribution in [2.24, 2.45) is 0 Å². The van der Waals surface area contributed by atoms with Crippen molar-refractivity contribution in [2.75, 3.05) is 40.8 Å². The molecule has 10 heteroatoms. The van der Waals surface area contributed by atoms with E-state index in [0.29, 0.717) is 11.0 Å². The number of benzene rings is 1. The zero-order valence-electron chi connectivity index (χ0n) is 17.0. The smallest absolute Gasteiger partial charge is 0.339 e. The van der Waals surface area contributed by atoms with E-state index < -0.39 is 34.1 Å². The molecule has 0 N–H and O–H groups in total. The molecule has 1 aromatic carbocycles. The van der Waals surface area contributed by atoms with E-state index in [0.717, 1.165) is 4.31 Å². The summed E-state index contributed by atoms with van der Waals surface area (Å²) in [5.41, 5.74) is -0.655. The van der Waals surface area contributed by atoms with Crippen LogP contribution in [0.15, 0.2) is 27.6 Å². The zero-order valence-corrected chi connectivity index (χ0v) is 19.4. The zero-order chi connectivity index (χ0) is 21.7. The number of carbonyl (C=O) groups excluding carboxylic acids is 2. The summed E-state index contributed by atoms with van der Waals surface area (Å²) in [6.45, 7) is 5.18. The Kier molecular flexibility index (Phi) is 8.61. The number of nitrogens with zero attached hydrogens (tertiary/aromatic N) is 2. The van der Waals surface area contributed by atoms with Crippen molar-refractivity contribution in [3.8, 4) is 0 Å². The highest BCUT2D eigenvalue weighted by molar-refractivity contribution is 9.10. The topological polar surface area (TPSA) is 93.2 Å². The second kappa shape index (κ2) is 9.82. The van der Waals surface area contributed by atoms with Gasteiger partial charge in [-0.2, -0.15) is 4.31 Å². The number of likely N-dealkylation sites (N-methyl/N-ethyl adjacent to an activating group) is 1. The summed E-state index contributed by atoms with van der Waals surface area (Å²) in [6.07, 6.45) is 0. The largest absolute Gasteiger partial charge is 0.465 e. The SMILES string of the molecule is COC(=O)c1cc(S(=O)(=O)N(CCN(C)C)CC(=O)OC(C)(C)C)ccc1Br. The quantitative estimate of drug-likeness (QED) is 0.528. The van der Waals surface area contributed by atoms with Gasteiger partial charge in [0.15, 0.2) is 0 Å². The monoisotopic (exact) mass is 478 g/mol. The molecule has 1 aromatic rings. The number of methoxy groups -OCH3 is 1. The summed E-state index contributed by atoms with van der Waals surface area (Å²) in [5, 5.41) is 0.